The molecule has 0 bridgehead atoms. The van der Waals surface area contributed by atoms with Gasteiger partial charge in [-0.05, 0) is 24.3 Å². The molecule has 1 atom stereocenters. The van der Waals surface area contributed by atoms with Crippen LogP contribution in [0.5, 0.6) is 0 Å². The summed E-state index contributed by atoms with van der Waals surface area (Å²) in [6, 6.07) is 13.1. The summed E-state index contributed by atoms with van der Waals surface area (Å²) >= 11 is 7.08. The summed E-state index contributed by atoms with van der Waals surface area (Å²) in [4.78, 5) is 12.6. The summed E-state index contributed by atoms with van der Waals surface area (Å²) in [5, 5.41) is 3.84. The third kappa shape index (κ3) is 3.16. The van der Waals surface area contributed by atoms with Crippen LogP contribution in [0.1, 0.15) is 21.5 Å². The Balaban J connectivity index is 1.70. The maximum atomic E-state index is 12.0. The molecule has 1 amide bonds. The van der Waals surface area contributed by atoms with E-state index in [0.29, 0.717) is 21.5 Å². The van der Waals surface area contributed by atoms with E-state index < -0.39 is 0 Å². The minimum absolute atomic E-state index is 0.171. The lowest BCUT2D eigenvalue weighted by molar-refractivity contribution is 0.0749. The van der Waals surface area contributed by atoms with Gasteiger partial charge in [-0.25, -0.2) is 0 Å². The fourth-order valence-electron chi connectivity index (χ4n) is 2.17. The molecule has 0 aliphatic heterocycles. The molecule has 3 rings (SSSR count). The van der Waals surface area contributed by atoms with E-state index in [0.717, 1.165) is 11.0 Å². The number of amides is 1. The number of hydrogen-bond donors (Lipinski definition) is 1. The van der Waals surface area contributed by atoms with Crippen LogP contribution in [0.15, 0.2) is 46.9 Å². The molecular formula is C16H14ClNO3S. The van der Waals surface area contributed by atoms with Gasteiger partial charge in [0.25, 0.3) is 5.91 Å². The van der Waals surface area contributed by atoms with E-state index in [2.05, 4.69) is 5.32 Å². The van der Waals surface area contributed by atoms with Gasteiger partial charge in [0, 0.05) is 12.5 Å². The first-order valence-electron chi connectivity index (χ1n) is 6.72. The largest absolute Gasteiger partial charge is 0.458 e. The zero-order chi connectivity index (χ0) is 15.5. The third-order valence-electron chi connectivity index (χ3n) is 3.29. The smallest absolute Gasteiger partial charge is 0.261 e. The first kappa shape index (κ1) is 15.1. The number of carbonyl (C=O) groups is 1. The lowest BCUT2D eigenvalue weighted by Crippen LogP contribution is -2.28. The lowest BCUT2D eigenvalue weighted by Gasteiger charge is -2.13. The van der Waals surface area contributed by atoms with Crippen molar-refractivity contribution in [1.29, 1.82) is 0 Å². The molecule has 0 saturated heterocycles. The molecule has 0 saturated carbocycles. The number of rotatable bonds is 5. The van der Waals surface area contributed by atoms with Crippen LogP contribution in [0.4, 0.5) is 0 Å². The average molecular weight is 336 g/mol. The maximum Gasteiger partial charge on any atom is 0.261 e. The molecule has 1 N–H and O–H groups in total. The first-order chi connectivity index (χ1) is 10.7. The molecule has 0 unspecified atom stereocenters. The number of fused-ring (bicyclic) bond motifs is 1. The van der Waals surface area contributed by atoms with Gasteiger partial charge in [-0.2, -0.15) is 0 Å². The average Bonchev–Trinajstić information content (AvgIpc) is 3.13. The highest BCUT2D eigenvalue weighted by Gasteiger charge is 2.18. The minimum atomic E-state index is -0.341. The molecule has 2 heterocycles. The molecule has 114 valence electrons. The van der Waals surface area contributed by atoms with Crippen molar-refractivity contribution in [2.75, 3.05) is 13.7 Å². The van der Waals surface area contributed by atoms with Gasteiger partial charge in [0.05, 0.1) is 15.8 Å². The molecule has 6 heteroatoms. The Bertz CT molecular complexity index is 762. The second kappa shape index (κ2) is 6.52. The van der Waals surface area contributed by atoms with E-state index >= 15 is 0 Å². The van der Waals surface area contributed by atoms with E-state index in [9.17, 15) is 4.79 Å². The van der Waals surface area contributed by atoms with Crippen molar-refractivity contribution in [1.82, 2.24) is 5.32 Å². The van der Waals surface area contributed by atoms with Gasteiger partial charge < -0.3 is 14.5 Å². The van der Waals surface area contributed by atoms with Crippen molar-refractivity contribution >= 4 is 39.8 Å². The van der Waals surface area contributed by atoms with Crippen molar-refractivity contribution in [2.45, 2.75) is 6.10 Å². The van der Waals surface area contributed by atoms with E-state index in [4.69, 9.17) is 20.8 Å². The number of furan rings is 1. The molecule has 1 aromatic carbocycles. The van der Waals surface area contributed by atoms with Gasteiger partial charge >= 0.3 is 0 Å². The topological polar surface area (TPSA) is 51.5 Å². The second-order valence-electron chi connectivity index (χ2n) is 4.72. The summed E-state index contributed by atoms with van der Waals surface area (Å²) in [6.45, 7) is 0.324. The van der Waals surface area contributed by atoms with Crippen LogP contribution in [0.3, 0.4) is 0 Å². The predicted octanol–water partition coefficient (Wildman–Crippen LogP) is 4.27. The Morgan fingerprint density at radius 1 is 1.36 bits per heavy atom. The van der Waals surface area contributed by atoms with Crippen LogP contribution in [-0.2, 0) is 4.74 Å². The SMILES string of the molecule is CO[C@@H](CNC(=O)c1ccc(Cl)s1)c1cc2ccccc2o1. The highest BCUT2D eigenvalue weighted by Crippen LogP contribution is 2.26. The summed E-state index contributed by atoms with van der Waals surface area (Å²) < 4.78 is 11.8. The van der Waals surface area contributed by atoms with Crippen LogP contribution < -0.4 is 5.32 Å². The maximum absolute atomic E-state index is 12.0. The summed E-state index contributed by atoms with van der Waals surface area (Å²) in [5.74, 6) is 0.517. The Hall–Kier alpha value is -1.82. The Labute approximate surface area is 136 Å². The molecule has 0 aliphatic rings. The normalized spacial score (nSPS) is 12.5. The minimum Gasteiger partial charge on any atom is -0.458 e. The second-order valence-corrected chi connectivity index (χ2v) is 6.44. The molecule has 0 radical (unpaired) electrons. The number of nitrogens with one attached hydrogen (secondary N) is 1. The summed E-state index contributed by atoms with van der Waals surface area (Å²) in [6.07, 6.45) is -0.341. The standard InChI is InChI=1S/C16H14ClNO3S/c1-20-13(9-18-16(19)14-6-7-15(17)22-14)12-8-10-4-2-3-5-11(10)21-12/h2-8,13H,9H2,1H3,(H,18,19)/t13-/m0/s1. The van der Waals surface area contributed by atoms with E-state index in [-0.39, 0.29) is 12.0 Å². The van der Waals surface area contributed by atoms with E-state index in [1.165, 1.54) is 11.3 Å². The molecule has 0 aliphatic carbocycles. The van der Waals surface area contributed by atoms with Gasteiger partial charge in [0.15, 0.2) is 0 Å². The molecule has 22 heavy (non-hydrogen) atoms. The monoisotopic (exact) mass is 335 g/mol. The first-order valence-corrected chi connectivity index (χ1v) is 7.91. The molecule has 3 aromatic rings. The quantitative estimate of drug-likeness (QED) is 0.757. The van der Waals surface area contributed by atoms with Gasteiger partial charge in [0.2, 0.25) is 0 Å². The van der Waals surface area contributed by atoms with Gasteiger partial charge in [-0.3, -0.25) is 4.79 Å². The van der Waals surface area contributed by atoms with Crippen molar-refractivity contribution in [3.05, 3.63) is 57.4 Å². The fraction of sp³-hybridized carbons (Fsp3) is 0.188. The van der Waals surface area contributed by atoms with Gasteiger partial charge in [0.1, 0.15) is 17.4 Å². The number of hydrogen-bond acceptors (Lipinski definition) is 4. The van der Waals surface area contributed by atoms with Crippen LogP contribution in [0.25, 0.3) is 11.0 Å². The number of carbonyl (C=O) groups excluding carboxylic acids is 1. The van der Waals surface area contributed by atoms with Crippen molar-refractivity contribution in [2.24, 2.45) is 0 Å². The molecule has 0 spiro atoms. The van der Waals surface area contributed by atoms with Crippen molar-refractivity contribution in [3.8, 4) is 0 Å². The molecular weight excluding hydrogens is 322 g/mol. The van der Waals surface area contributed by atoms with Crippen LogP contribution in [-0.4, -0.2) is 19.6 Å². The Kier molecular flexibility index (Phi) is 4.47. The van der Waals surface area contributed by atoms with Crippen molar-refractivity contribution in [3.63, 3.8) is 0 Å². The molecule has 0 fully saturated rings. The third-order valence-corrected chi connectivity index (χ3v) is 4.52. The zero-order valence-electron chi connectivity index (χ0n) is 11.8. The summed E-state index contributed by atoms with van der Waals surface area (Å²) in [7, 11) is 1.59. The van der Waals surface area contributed by atoms with Crippen LogP contribution in [0.2, 0.25) is 4.34 Å². The number of ether oxygens (including phenoxy) is 1. The highest BCUT2D eigenvalue weighted by atomic mass is 35.5. The summed E-state index contributed by atoms with van der Waals surface area (Å²) in [5.41, 5.74) is 0.802. The van der Waals surface area contributed by atoms with Crippen molar-refractivity contribution < 1.29 is 13.9 Å². The number of benzene rings is 1. The number of methoxy groups -OCH3 is 1. The predicted molar refractivity (Wildman–Crippen MR) is 87.6 cm³/mol. The molecule has 4 nitrogen and oxygen atoms in total. The highest BCUT2D eigenvalue weighted by molar-refractivity contribution is 7.17. The molecule has 2 aromatic heterocycles. The van der Waals surface area contributed by atoms with Crippen LogP contribution >= 0.6 is 22.9 Å². The van der Waals surface area contributed by atoms with E-state index in [1.807, 2.05) is 30.3 Å². The lowest BCUT2D eigenvalue weighted by atomic mass is 10.2. The van der Waals surface area contributed by atoms with Gasteiger partial charge in [-0.15, -0.1) is 11.3 Å². The fourth-order valence-corrected chi connectivity index (χ4v) is 3.13. The number of para-hydroxylation sites is 1. The number of halogens is 1. The Morgan fingerprint density at radius 2 is 2.18 bits per heavy atom. The van der Waals surface area contributed by atoms with Gasteiger partial charge in [-0.1, -0.05) is 29.8 Å². The zero-order valence-corrected chi connectivity index (χ0v) is 13.4. The van der Waals surface area contributed by atoms with Crippen LogP contribution in [0, 0.1) is 0 Å². The van der Waals surface area contributed by atoms with E-state index in [1.54, 1.807) is 19.2 Å². The number of thiophene rings is 1. The Morgan fingerprint density at radius 3 is 2.86 bits per heavy atom.